The summed E-state index contributed by atoms with van der Waals surface area (Å²) in [6.07, 6.45) is 0. The minimum absolute atomic E-state index is 0.0466. The van der Waals surface area contributed by atoms with Crippen molar-refractivity contribution >= 4 is 33.9 Å². The molecule has 1 atom stereocenters. The molecule has 10 heteroatoms. The van der Waals surface area contributed by atoms with E-state index in [9.17, 15) is 14.7 Å². The van der Waals surface area contributed by atoms with E-state index >= 15 is 0 Å². The van der Waals surface area contributed by atoms with E-state index in [0.29, 0.717) is 46.6 Å². The van der Waals surface area contributed by atoms with Gasteiger partial charge in [0.15, 0.2) is 11.5 Å². The predicted molar refractivity (Wildman–Crippen MR) is 120 cm³/mol. The van der Waals surface area contributed by atoms with Crippen LogP contribution >= 0.6 is 11.3 Å². The first-order chi connectivity index (χ1) is 16.0. The molecule has 3 aromatic rings. The molecular weight excluding hydrogens is 446 g/mol. The fourth-order valence-electron chi connectivity index (χ4n) is 3.86. The molecule has 168 valence electrons. The third kappa shape index (κ3) is 3.58. The zero-order valence-corrected chi connectivity index (χ0v) is 18.6. The molecule has 1 saturated heterocycles. The second-order valence-electron chi connectivity index (χ2n) is 7.40. The third-order valence-corrected chi connectivity index (χ3v) is 6.25. The minimum Gasteiger partial charge on any atom is -0.507 e. The lowest BCUT2D eigenvalue weighted by Crippen LogP contribution is -2.29. The highest BCUT2D eigenvalue weighted by atomic mass is 32.1. The number of ether oxygens (including phenoxy) is 3. The lowest BCUT2D eigenvalue weighted by Gasteiger charge is -2.23. The summed E-state index contributed by atoms with van der Waals surface area (Å²) < 4.78 is 16.4. The maximum absolute atomic E-state index is 13.2. The van der Waals surface area contributed by atoms with Gasteiger partial charge >= 0.3 is 5.91 Å². The van der Waals surface area contributed by atoms with Gasteiger partial charge in [0, 0.05) is 5.56 Å². The molecule has 1 N–H and O–H groups in total. The van der Waals surface area contributed by atoms with Crippen molar-refractivity contribution < 1.29 is 28.9 Å². The van der Waals surface area contributed by atoms with Gasteiger partial charge in [-0.05, 0) is 42.8 Å². The molecule has 9 nitrogen and oxygen atoms in total. The number of aliphatic hydroxyl groups excluding tert-OH is 1. The standard InChI is InChI=1S/C23H19N3O6S/c1-12-24-25-23(33-12)26-19(13-3-6-15(30-2)7-4-13)18(21(28)22(26)29)20(27)14-5-8-16-17(11-14)32-10-9-31-16/h3-8,11,19,27H,9-10H2,1-2H3. The molecule has 2 aliphatic heterocycles. The molecule has 1 amide bonds. The molecule has 0 bridgehead atoms. The Bertz CT molecular complexity index is 1280. The summed E-state index contributed by atoms with van der Waals surface area (Å²) in [5.41, 5.74) is 0.904. The van der Waals surface area contributed by atoms with Gasteiger partial charge in [0.2, 0.25) is 5.13 Å². The first-order valence-corrected chi connectivity index (χ1v) is 10.9. The second-order valence-corrected chi connectivity index (χ2v) is 8.56. The van der Waals surface area contributed by atoms with Crippen molar-refractivity contribution in [1.29, 1.82) is 0 Å². The fraction of sp³-hybridized carbons (Fsp3) is 0.217. The van der Waals surface area contributed by atoms with Crippen molar-refractivity contribution in [2.45, 2.75) is 13.0 Å². The van der Waals surface area contributed by atoms with Crippen molar-refractivity contribution in [3.8, 4) is 17.2 Å². The quantitative estimate of drug-likeness (QED) is 0.355. The normalized spacial score (nSPS) is 19.1. The van der Waals surface area contributed by atoms with Crippen LogP contribution in [0.2, 0.25) is 0 Å². The largest absolute Gasteiger partial charge is 0.507 e. The Morgan fingerprint density at radius 3 is 2.48 bits per heavy atom. The lowest BCUT2D eigenvalue weighted by atomic mass is 9.95. The molecule has 1 fully saturated rings. The van der Waals surface area contributed by atoms with Gasteiger partial charge in [0.1, 0.15) is 29.7 Å². The van der Waals surface area contributed by atoms with Gasteiger partial charge in [-0.25, -0.2) is 0 Å². The second kappa shape index (κ2) is 8.21. The Hall–Kier alpha value is -3.92. The van der Waals surface area contributed by atoms with Crippen molar-refractivity contribution in [3.05, 3.63) is 64.2 Å². The van der Waals surface area contributed by atoms with E-state index in [1.807, 2.05) is 0 Å². The van der Waals surface area contributed by atoms with E-state index in [1.165, 1.54) is 16.2 Å². The average molecular weight is 465 g/mol. The number of amides is 1. The van der Waals surface area contributed by atoms with Crippen molar-refractivity contribution in [2.24, 2.45) is 0 Å². The number of aromatic nitrogens is 2. The Balaban J connectivity index is 1.67. The molecule has 2 aliphatic rings. The average Bonchev–Trinajstić information content (AvgIpc) is 3.38. The van der Waals surface area contributed by atoms with Crippen LogP contribution in [0.1, 0.15) is 22.2 Å². The van der Waals surface area contributed by atoms with Crippen LogP contribution in [0.5, 0.6) is 17.2 Å². The van der Waals surface area contributed by atoms with E-state index in [-0.39, 0.29) is 16.5 Å². The number of anilines is 1. The van der Waals surface area contributed by atoms with Gasteiger partial charge in [-0.1, -0.05) is 23.5 Å². The monoisotopic (exact) mass is 465 g/mol. The van der Waals surface area contributed by atoms with Gasteiger partial charge in [0.25, 0.3) is 5.78 Å². The molecule has 2 aromatic carbocycles. The Kier molecular flexibility index (Phi) is 5.21. The predicted octanol–water partition coefficient (Wildman–Crippen LogP) is 3.25. The summed E-state index contributed by atoms with van der Waals surface area (Å²) in [5, 5.41) is 20.2. The summed E-state index contributed by atoms with van der Waals surface area (Å²) in [6.45, 7) is 2.57. The fourth-order valence-corrected chi connectivity index (χ4v) is 4.58. The van der Waals surface area contributed by atoms with E-state index in [2.05, 4.69) is 10.2 Å². The number of aryl methyl sites for hydroxylation is 1. The number of nitrogens with zero attached hydrogens (tertiary/aromatic N) is 3. The first kappa shape index (κ1) is 21.0. The zero-order chi connectivity index (χ0) is 23.1. The maximum atomic E-state index is 13.2. The SMILES string of the molecule is COc1ccc(C2C(=C(O)c3ccc4c(c3)OCCO4)C(=O)C(=O)N2c2nnc(C)s2)cc1. The smallest absolute Gasteiger partial charge is 0.301 e. The number of rotatable bonds is 4. The molecule has 1 unspecified atom stereocenters. The van der Waals surface area contributed by atoms with Crippen LogP contribution in [-0.2, 0) is 9.59 Å². The number of Topliss-reactive ketones (excluding diaryl/α,β-unsaturated/α-hetero) is 1. The molecule has 0 saturated carbocycles. The summed E-state index contributed by atoms with van der Waals surface area (Å²) >= 11 is 1.19. The molecule has 0 aliphatic carbocycles. The molecule has 3 heterocycles. The summed E-state index contributed by atoms with van der Waals surface area (Å²) in [6, 6.07) is 10.9. The van der Waals surface area contributed by atoms with Crippen molar-refractivity contribution in [3.63, 3.8) is 0 Å². The van der Waals surface area contributed by atoms with Crippen LogP contribution in [0.25, 0.3) is 5.76 Å². The molecule has 1 aromatic heterocycles. The number of fused-ring (bicyclic) bond motifs is 1. The van der Waals surface area contributed by atoms with Crippen LogP contribution in [0.3, 0.4) is 0 Å². The van der Waals surface area contributed by atoms with E-state index in [1.54, 1.807) is 56.5 Å². The molecule has 5 rings (SSSR count). The number of hydrogen-bond donors (Lipinski definition) is 1. The summed E-state index contributed by atoms with van der Waals surface area (Å²) in [5.74, 6) is -0.277. The van der Waals surface area contributed by atoms with Crippen LogP contribution in [0.4, 0.5) is 5.13 Å². The van der Waals surface area contributed by atoms with Crippen molar-refractivity contribution in [2.75, 3.05) is 25.2 Å². The number of ketones is 1. The molecule has 33 heavy (non-hydrogen) atoms. The summed E-state index contributed by atoms with van der Waals surface area (Å²) in [7, 11) is 1.55. The van der Waals surface area contributed by atoms with Gasteiger partial charge in [-0.15, -0.1) is 10.2 Å². The van der Waals surface area contributed by atoms with Gasteiger partial charge < -0.3 is 19.3 Å². The highest BCUT2D eigenvalue weighted by Gasteiger charge is 2.48. The van der Waals surface area contributed by atoms with E-state index in [0.717, 1.165) is 0 Å². The number of carbonyl (C=O) groups excluding carboxylic acids is 2. The van der Waals surface area contributed by atoms with Crippen LogP contribution in [0.15, 0.2) is 48.0 Å². The topological polar surface area (TPSA) is 111 Å². The zero-order valence-electron chi connectivity index (χ0n) is 17.8. The number of aliphatic hydroxyl groups is 1. The Morgan fingerprint density at radius 2 is 1.82 bits per heavy atom. The Morgan fingerprint density at radius 1 is 1.09 bits per heavy atom. The summed E-state index contributed by atoms with van der Waals surface area (Å²) in [4.78, 5) is 27.6. The number of benzene rings is 2. The van der Waals surface area contributed by atoms with Crippen LogP contribution in [0, 0.1) is 6.92 Å². The van der Waals surface area contributed by atoms with Crippen molar-refractivity contribution in [1.82, 2.24) is 10.2 Å². The van der Waals surface area contributed by atoms with Gasteiger partial charge in [-0.2, -0.15) is 0 Å². The van der Waals surface area contributed by atoms with Crippen LogP contribution < -0.4 is 19.1 Å². The van der Waals surface area contributed by atoms with Gasteiger partial charge in [0.05, 0.1) is 18.7 Å². The molecular formula is C23H19N3O6S. The number of methoxy groups -OCH3 is 1. The number of carbonyl (C=O) groups is 2. The number of hydrogen-bond acceptors (Lipinski definition) is 9. The highest BCUT2D eigenvalue weighted by molar-refractivity contribution is 7.15. The van der Waals surface area contributed by atoms with E-state index in [4.69, 9.17) is 14.2 Å². The maximum Gasteiger partial charge on any atom is 0.301 e. The third-order valence-electron chi connectivity index (χ3n) is 5.41. The first-order valence-electron chi connectivity index (χ1n) is 10.1. The lowest BCUT2D eigenvalue weighted by molar-refractivity contribution is -0.132. The van der Waals surface area contributed by atoms with E-state index < -0.39 is 17.7 Å². The van der Waals surface area contributed by atoms with Gasteiger partial charge in [-0.3, -0.25) is 14.5 Å². The molecule has 0 radical (unpaired) electrons. The highest BCUT2D eigenvalue weighted by Crippen LogP contribution is 2.44. The minimum atomic E-state index is -0.892. The Labute approximate surface area is 192 Å². The molecule has 0 spiro atoms. The van der Waals surface area contributed by atoms with Crippen LogP contribution in [-0.4, -0.2) is 47.3 Å².